The summed E-state index contributed by atoms with van der Waals surface area (Å²) in [5.74, 6) is 0. The summed E-state index contributed by atoms with van der Waals surface area (Å²) in [6, 6.07) is 0. The van der Waals surface area contributed by atoms with Crippen LogP contribution in [0.5, 0.6) is 0 Å². The number of nitrogens with zero attached hydrogens (tertiary/aromatic N) is 2. The molecule has 0 unspecified atom stereocenters. The summed E-state index contributed by atoms with van der Waals surface area (Å²) < 4.78 is 0. The monoisotopic (exact) mass is 228 g/mol. The molecule has 1 heterocycles. The molecule has 0 saturated carbocycles. The van der Waals surface area contributed by atoms with Gasteiger partial charge in [0.1, 0.15) is 6.33 Å². The Labute approximate surface area is 81.6 Å². The minimum atomic E-state index is 0.116. The summed E-state index contributed by atoms with van der Waals surface area (Å²) >= 11 is 3.49. The van der Waals surface area contributed by atoms with Gasteiger partial charge in [-0.05, 0) is 12.5 Å². The van der Waals surface area contributed by atoms with E-state index in [2.05, 4.69) is 39.7 Å². The van der Waals surface area contributed by atoms with Gasteiger partial charge in [-0.25, -0.2) is 9.97 Å². The first kappa shape index (κ1) is 9.65. The molecule has 0 radical (unpaired) electrons. The minimum Gasteiger partial charge on any atom is -0.244 e. The molecule has 0 aromatic carbocycles. The molecule has 0 amide bonds. The topological polar surface area (TPSA) is 25.8 Å². The second-order valence-corrected chi connectivity index (χ2v) is 4.10. The summed E-state index contributed by atoms with van der Waals surface area (Å²) in [5, 5.41) is 0.925. The van der Waals surface area contributed by atoms with Crippen molar-refractivity contribution in [3.05, 3.63) is 23.8 Å². The van der Waals surface area contributed by atoms with Crippen LogP contribution in [0.4, 0.5) is 0 Å². The van der Waals surface area contributed by atoms with E-state index in [0.29, 0.717) is 0 Å². The average molecular weight is 229 g/mol. The molecule has 12 heavy (non-hydrogen) atoms. The van der Waals surface area contributed by atoms with Crippen molar-refractivity contribution >= 4 is 15.9 Å². The van der Waals surface area contributed by atoms with Crippen LogP contribution in [0.15, 0.2) is 12.5 Å². The maximum atomic E-state index is 4.16. The highest BCUT2D eigenvalue weighted by molar-refractivity contribution is 9.09. The zero-order chi connectivity index (χ0) is 9.19. The van der Waals surface area contributed by atoms with Crippen LogP contribution in [0.25, 0.3) is 0 Å². The second-order valence-electron chi connectivity index (χ2n) is 3.54. The van der Waals surface area contributed by atoms with Gasteiger partial charge < -0.3 is 0 Å². The molecule has 0 aliphatic rings. The summed E-state index contributed by atoms with van der Waals surface area (Å²) in [5.41, 5.74) is 2.39. The van der Waals surface area contributed by atoms with E-state index >= 15 is 0 Å². The number of hydrogen-bond acceptors (Lipinski definition) is 2. The predicted molar refractivity (Wildman–Crippen MR) is 53.6 cm³/mol. The third kappa shape index (κ3) is 1.83. The van der Waals surface area contributed by atoms with Crippen LogP contribution in [0.1, 0.15) is 25.1 Å². The molecule has 0 bridgehead atoms. The van der Waals surface area contributed by atoms with E-state index < -0.39 is 0 Å². The van der Waals surface area contributed by atoms with E-state index in [9.17, 15) is 0 Å². The van der Waals surface area contributed by atoms with Gasteiger partial charge in [-0.15, -0.1) is 0 Å². The molecule has 0 atom stereocenters. The van der Waals surface area contributed by atoms with Crippen LogP contribution < -0.4 is 0 Å². The lowest BCUT2D eigenvalue weighted by Gasteiger charge is -2.22. The first-order chi connectivity index (χ1) is 5.58. The molecule has 1 aromatic heterocycles. The smallest absolute Gasteiger partial charge is 0.115 e. The van der Waals surface area contributed by atoms with Gasteiger partial charge in [-0.2, -0.15) is 0 Å². The van der Waals surface area contributed by atoms with Crippen molar-refractivity contribution in [3.63, 3.8) is 0 Å². The number of hydrogen-bond donors (Lipinski definition) is 0. The van der Waals surface area contributed by atoms with Gasteiger partial charge in [-0.3, -0.25) is 0 Å². The molecule has 0 spiro atoms. The Kier molecular flexibility index (Phi) is 2.83. The summed E-state index contributed by atoms with van der Waals surface area (Å²) in [7, 11) is 0. The van der Waals surface area contributed by atoms with Crippen molar-refractivity contribution in [1.82, 2.24) is 9.97 Å². The highest BCUT2D eigenvalue weighted by atomic mass is 79.9. The number of rotatable bonds is 2. The molecule has 1 rings (SSSR count). The summed E-state index contributed by atoms with van der Waals surface area (Å²) in [4.78, 5) is 8.19. The van der Waals surface area contributed by atoms with E-state index in [1.54, 1.807) is 6.33 Å². The third-order valence-corrected chi connectivity index (χ3v) is 3.38. The fourth-order valence-electron chi connectivity index (χ4n) is 1.13. The molecule has 0 aliphatic carbocycles. The van der Waals surface area contributed by atoms with Crippen LogP contribution >= 0.6 is 15.9 Å². The first-order valence-corrected chi connectivity index (χ1v) is 5.03. The molecule has 0 saturated heterocycles. The number of aromatic nitrogens is 2. The van der Waals surface area contributed by atoms with Crippen LogP contribution in [0, 0.1) is 6.92 Å². The largest absolute Gasteiger partial charge is 0.244 e. The Balaban J connectivity index is 3.10. The maximum Gasteiger partial charge on any atom is 0.115 e. The zero-order valence-corrected chi connectivity index (χ0v) is 9.22. The lowest BCUT2D eigenvalue weighted by Crippen LogP contribution is -2.21. The first-order valence-electron chi connectivity index (χ1n) is 3.91. The molecule has 0 N–H and O–H groups in total. The Hall–Kier alpha value is -0.440. The normalized spacial score (nSPS) is 11.7. The Morgan fingerprint density at radius 2 is 2.17 bits per heavy atom. The van der Waals surface area contributed by atoms with Gasteiger partial charge in [0.05, 0.1) is 0 Å². The Morgan fingerprint density at radius 3 is 2.67 bits per heavy atom. The van der Waals surface area contributed by atoms with Crippen LogP contribution in [0.2, 0.25) is 0 Å². The fourth-order valence-corrected chi connectivity index (χ4v) is 1.43. The van der Waals surface area contributed by atoms with E-state index in [1.165, 1.54) is 5.56 Å². The molecular weight excluding hydrogens is 216 g/mol. The van der Waals surface area contributed by atoms with Crippen LogP contribution in [0.3, 0.4) is 0 Å². The highest BCUT2D eigenvalue weighted by Crippen LogP contribution is 2.25. The quantitative estimate of drug-likeness (QED) is 0.728. The summed E-state index contributed by atoms with van der Waals surface area (Å²) in [6.45, 7) is 6.36. The van der Waals surface area contributed by atoms with Crippen molar-refractivity contribution in [2.45, 2.75) is 26.2 Å². The third-order valence-electron chi connectivity index (χ3n) is 1.97. The standard InChI is InChI=1S/C9H13BrN2/c1-7-8(4-11-6-12-7)9(2,3)5-10/h4,6H,5H2,1-3H3. The zero-order valence-electron chi connectivity index (χ0n) is 7.63. The molecule has 0 aliphatic heterocycles. The molecular formula is C9H13BrN2. The van der Waals surface area contributed by atoms with Crippen molar-refractivity contribution < 1.29 is 0 Å². The SMILES string of the molecule is Cc1ncncc1C(C)(C)CBr. The number of halogens is 1. The van der Waals surface area contributed by atoms with E-state index in [-0.39, 0.29) is 5.41 Å². The Bertz CT molecular complexity index is 271. The highest BCUT2D eigenvalue weighted by Gasteiger charge is 2.21. The van der Waals surface area contributed by atoms with Gasteiger partial charge in [-0.1, -0.05) is 29.8 Å². The number of aryl methyl sites for hydroxylation is 1. The lowest BCUT2D eigenvalue weighted by atomic mass is 9.87. The van der Waals surface area contributed by atoms with E-state index in [1.807, 2.05) is 13.1 Å². The lowest BCUT2D eigenvalue weighted by molar-refractivity contribution is 0.594. The van der Waals surface area contributed by atoms with Crippen LogP contribution in [-0.2, 0) is 5.41 Å². The Morgan fingerprint density at radius 1 is 1.50 bits per heavy atom. The predicted octanol–water partition coefficient (Wildman–Crippen LogP) is 2.46. The molecule has 1 aromatic rings. The molecule has 0 fully saturated rings. The van der Waals surface area contributed by atoms with Crippen LogP contribution in [-0.4, -0.2) is 15.3 Å². The number of alkyl halides is 1. The van der Waals surface area contributed by atoms with E-state index in [0.717, 1.165) is 11.0 Å². The van der Waals surface area contributed by atoms with E-state index in [4.69, 9.17) is 0 Å². The van der Waals surface area contributed by atoms with Gasteiger partial charge in [0, 0.05) is 22.6 Å². The summed E-state index contributed by atoms with van der Waals surface area (Å²) in [6.07, 6.45) is 3.48. The molecule has 2 nitrogen and oxygen atoms in total. The minimum absolute atomic E-state index is 0.116. The maximum absolute atomic E-state index is 4.16. The van der Waals surface area contributed by atoms with Gasteiger partial charge in [0.15, 0.2) is 0 Å². The van der Waals surface area contributed by atoms with Crippen molar-refractivity contribution in [2.75, 3.05) is 5.33 Å². The van der Waals surface area contributed by atoms with Gasteiger partial charge in [0.25, 0.3) is 0 Å². The van der Waals surface area contributed by atoms with Crippen molar-refractivity contribution in [3.8, 4) is 0 Å². The fraction of sp³-hybridized carbons (Fsp3) is 0.556. The second kappa shape index (κ2) is 3.52. The van der Waals surface area contributed by atoms with Gasteiger partial charge >= 0.3 is 0 Å². The average Bonchev–Trinajstić information content (AvgIpc) is 2.05. The molecule has 3 heteroatoms. The molecule has 66 valence electrons. The van der Waals surface area contributed by atoms with Gasteiger partial charge in [0.2, 0.25) is 0 Å². The van der Waals surface area contributed by atoms with Crippen molar-refractivity contribution in [1.29, 1.82) is 0 Å². The van der Waals surface area contributed by atoms with Crippen molar-refractivity contribution in [2.24, 2.45) is 0 Å².